The van der Waals surface area contributed by atoms with Gasteiger partial charge in [0.1, 0.15) is 0 Å². The summed E-state index contributed by atoms with van der Waals surface area (Å²) in [4.78, 5) is 6.86. The van der Waals surface area contributed by atoms with Crippen LogP contribution in [0.15, 0.2) is 30.3 Å². The average Bonchev–Trinajstić information content (AvgIpc) is 2.43. The normalized spacial score (nSPS) is 10.8. The van der Waals surface area contributed by atoms with Crippen LogP contribution < -0.4 is 10.6 Å². The smallest absolute Gasteiger partial charge is 0.0726 e. The van der Waals surface area contributed by atoms with E-state index in [0.29, 0.717) is 6.54 Å². The van der Waals surface area contributed by atoms with E-state index in [2.05, 4.69) is 42.1 Å². The molecule has 3 heteroatoms. The van der Waals surface area contributed by atoms with Gasteiger partial charge in [0.05, 0.1) is 11.2 Å². The summed E-state index contributed by atoms with van der Waals surface area (Å²) in [5.41, 5.74) is 8.94. The van der Waals surface area contributed by atoms with Gasteiger partial charge in [-0.2, -0.15) is 0 Å². The summed E-state index contributed by atoms with van der Waals surface area (Å²) >= 11 is 0. The molecule has 0 bridgehead atoms. The number of nitrogens with two attached hydrogens (primary N) is 1. The molecule has 0 aliphatic rings. The first-order valence-corrected chi connectivity index (χ1v) is 6.56. The summed E-state index contributed by atoms with van der Waals surface area (Å²) in [6, 6.07) is 10.4. The third-order valence-corrected chi connectivity index (χ3v) is 3.21. The topological polar surface area (TPSA) is 42.1 Å². The molecule has 0 saturated carbocycles. The zero-order chi connectivity index (χ0) is 13.0. The molecule has 1 heterocycles. The van der Waals surface area contributed by atoms with Crippen LogP contribution in [-0.4, -0.2) is 18.6 Å². The quantitative estimate of drug-likeness (QED) is 0.878. The Bertz CT molecular complexity index is 522. The summed E-state index contributed by atoms with van der Waals surface area (Å²) in [5.74, 6) is 0. The fourth-order valence-electron chi connectivity index (χ4n) is 2.15. The number of rotatable bonds is 5. The van der Waals surface area contributed by atoms with Gasteiger partial charge >= 0.3 is 0 Å². The van der Waals surface area contributed by atoms with Crippen molar-refractivity contribution >= 4 is 16.6 Å². The summed E-state index contributed by atoms with van der Waals surface area (Å²) in [6.07, 6.45) is 2.40. The number of para-hydroxylation sites is 1. The lowest BCUT2D eigenvalue weighted by molar-refractivity contribution is 0.767. The van der Waals surface area contributed by atoms with Crippen molar-refractivity contribution in [2.75, 3.05) is 18.5 Å². The highest BCUT2D eigenvalue weighted by atomic mass is 15.1. The Kier molecular flexibility index (Phi) is 4.15. The number of benzene rings is 1. The highest BCUT2D eigenvalue weighted by Crippen LogP contribution is 2.26. The van der Waals surface area contributed by atoms with Crippen molar-refractivity contribution in [2.24, 2.45) is 5.73 Å². The van der Waals surface area contributed by atoms with E-state index in [0.717, 1.165) is 17.8 Å². The molecule has 18 heavy (non-hydrogen) atoms. The van der Waals surface area contributed by atoms with E-state index in [9.17, 15) is 0 Å². The first-order chi connectivity index (χ1) is 8.76. The molecule has 96 valence electrons. The number of pyridine rings is 1. The van der Waals surface area contributed by atoms with Crippen molar-refractivity contribution in [3.05, 3.63) is 36.0 Å². The Morgan fingerprint density at radius 3 is 2.78 bits per heavy atom. The molecule has 0 aliphatic heterocycles. The van der Waals surface area contributed by atoms with E-state index in [1.165, 1.54) is 23.9 Å². The average molecular weight is 243 g/mol. The lowest BCUT2D eigenvalue weighted by Gasteiger charge is -2.21. The molecule has 1 aromatic heterocycles. The lowest BCUT2D eigenvalue weighted by atomic mass is 10.1. The first kappa shape index (κ1) is 12.8. The van der Waals surface area contributed by atoms with Gasteiger partial charge in [-0.1, -0.05) is 31.5 Å². The van der Waals surface area contributed by atoms with E-state index in [1.807, 2.05) is 12.1 Å². The third-order valence-electron chi connectivity index (χ3n) is 3.21. The van der Waals surface area contributed by atoms with E-state index in [1.54, 1.807) is 0 Å². The van der Waals surface area contributed by atoms with Crippen LogP contribution in [0.5, 0.6) is 0 Å². The second-order valence-electron chi connectivity index (χ2n) is 4.63. The van der Waals surface area contributed by atoms with Crippen molar-refractivity contribution in [1.82, 2.24) is 4.98 Å². The predicted octanol–water partition coefficient (Wildman–Crippen LogP) is 2.93. The maximum Gasteiger partial charge on any atom is 0.0726 e. The summed E-state index contributed by atoms with van der Waals surface area (Å²) in [6.45, 7) is 3.76. The van der Waals surface area contributed by atoms with Crippen LogP contribution >= 0.6 is 0 Å². The van der Waals surface area contributed by atoms with Gasteiger partial charge in [0.25, 0.3) is 0 Å². The zero-order valence-corrected chi connectivity index (χ0v) is 11.2. The fourth-order valence-corrected chi connectivity index (χ4v) is 2.15. The SMILES string of the molecule is CCCCN(C)c1cc(CN)nc2ccccc12. The van der Waals surface area contributed by atoms with Crippen LogP contribution in [-0.2, 0) is 6.54 Å². The third kappa shape index (κ3) is 2.62. The van der Waals surface area contributed by atoms with E-state index in [-0.39, 0.29) is 0 Å². The van der Waals surface area contributed by atoms with Crippen LogP contribution in [0, 0.1) is 0 Å². The molecule has 0 fully saturated rings. The number of anilines is 1. The minimum Gasteiger partial charge on any atom is -0.374 e. The minimum atomic E-state index is 0.486. The standard InChI is InChI=1S/C15H21N3/c1-3-4-9-18(2)15-10-12(11-16)17-14-8-6-5-7-13(14)15/h5-8,10H,3-4,9,11,16H2,1-2H3. The number of aromatic nitrogens is 1. The van der Waals surface area contributed by atoms with Crippen molar-refractivity contribution in [3.8, 4) is 0 Å². The number of hydrogen-bond acceptors (Lipinski definition) is 3. The molecule has 0 unspecified atom stereocenters. The molecule has 0 spiro atoms. The van der Waals surface area contributed by atoms with Crippen LogP contribution in [0.1, 0.15) is 25.5 Å². The molecule has 1 aromatic carbocycles. The monoisotopic (exact) mass is 243 g/mol. The largest absolute Gasteiger partial charge is 0.374 e. The maximum absolute atomic E-state index is 5.73. The highest BCUT2D eigenvalue weighted by molar-refractivity contribution is 5.91. The van der Waals surface area contributed by atoms with Crippen molar-refractivity contribution in [3.63, 3.8) is 0 Å². The minimum absolute atomic E-state index is 0.486. The summed E-state index contributed by atoms with van der Waals surface area (Å²) in [5, 5.41) is 1.20. The Labute approximate surface area is 109 Å². The molecule has 0 amide bonds. The number of hydrogen-bond donors (Lipinski definition) is 1. The van der Waals surface area contributed by atoms with Crippen molar-refractivity contribution in [2.45, 2.75) is 26.3 Å². The van der Waals surface area contributed by atoms with Gasteiger partial charge in [0, 0.05) is 31.2 Å². The number of fused-ring (bicyclic) bond motifs is 1. The molecule has 0 atom stereocenters. The number of nitrogens with zero attached hydrogens (tertiary/aromatic N) is 2. The molecular weight excluding hydrogens is 222 g/mol. The fraction of sp³-hybridized carbons (Fsp3) is 0.400. The lowest BCUT2D eigenvalue weighted by Crippen LogP contribution is -2.19. The molecule has 2 aromatic rings. The Morgan fingerprint density at radius 1 is 1.28 bits per heavy atom. The van der Waals surface area contributed by atoms with Crippen molar-refractivity contribution in [1.29, 1.82) is 0 Å². The van der Waals surface area contributed by atoms with E-state index < -0.39 is 0 Å². The van der Waals surface area contributed by atoms with E-state index in [4.69, 9.17) is 5.73 Å². The molecule has 0 radical (unpaired) electrons. The molecule has 0 aliphatic carbocycles. The Balaban J connectivity index is 2.46. The number of unbranched alkanes of at least 4 members (excludes halogenated alkanes) is 1. The summed E-state index contributed by atoms with van der Waals surface area (Å²) < 4.78 is 0. The second kappa shape index (κ2) is 5.83. The molecule has 2 N–H and O–H groups in total. The van der Waals surface area contributed by atoms with Gasteiger partial charge < -0.3 is 10.6 Å². The van der Waals surface area contributed by atoms with E-state index >= 15 is 0 Å². The Hall–Kier alpha value is -1.61. The van der Waals surface area contributed by atoms with Gasteiger partial charge in [0.2, 0.25) is 0 Å². The van der Waals surface area contributed by atoms with Crippen LogP contribution in [0.3, 0.4) is 0 Å². The maximum atomic E-state index is 5.73. The van der Waals surface area contributed by atoms with Gasteiger partial charge in [-0.15, -0.1) is 0 Å². The van der Waals surface area contributed by atoms with Crippen molar-refractivity contribution < 1.29 is 0 Å². The van der Waals surface area contributed by atoms with Gasteiger partial charge in [-0.05, 0) is 18.6 Å². The molecular formula is C15H21N3. The molecule has 3 nitrogen and oxygen atoms in total. The second-order valence-corrected chi connectivity index (χ2v) is 4.63. The van der Waals surface area contributed by atoms with Gasteiger partial charge in [0.15, 0.2) is 0 Å². The zero-order valence-electron chi connectivity index (χ0n) is 11.2. The van der Waals surface area contributed by atoms with Crippen LogP contribution in [0.2, 0.25) is 0 Å². The predicted molar refractivity (Wildman–Crippen MR) is 77.8 cm³/mol. The summed E-state index contributed by atoms with van der Waals surface area (Å²) in [7, 11) is 2.14. The Morgan fingerprint density at radius 2 is 2.06 bits per heavy atom. The molecule has 0 saturated heterocycles. The van der Waals surface area contributed by atoms with Gasteiger partial charge in [-0.3, -0.25) is 4.98 Å². The van der Waals surface area contributed by atoms with Crippen LogP contribution in [0.4, 0.5) is 5.69 Å². The highest BCUT2D eigenvalue weighted by Gasteiger charge is 2.08. The van der Waals surface area contributed by atoms with Crippen LogP contribution in [0.25, 0.3) is 10.9 Å². The molecule has 2 rings (SSSR count). The van der Waals surface area contributed by atoms with Gasteiger partial charge in [-0.25, -0.2) is 0 Å². The first-order valence-electron chi connectivity index (χ1n) is 6.56.